The maximum atomic E-state index is 10.9. The molecule has 1 aliphatic rings. The molecule has 0 bridgehead atoms. The molecule has 0 amide bonds. The molecule has 0 N–H and O–H groups in total. The first kappa shape index (κ1) is 12.2. The van der Waals surface area contributed by atoms with E-state index in [1.165, 1.54) is 6.08 Å². The average Bonchev–Trinajstić information content (AvgIpc) is 2.81. The predicted octanol–water partition coefficient (Wildman–Crippen LogP) is 2.20. The van der Waals surface area contributed by atoms with Crippen LogP contribution in [0, 0.1) is 0 Å². The fourth-order valence-corrected chi connectivity index (χ4v) is 1.65. The second kappa shape index (κ2) is 5.40. The predicted molar refractivity (Wildman–Crippen MR) is 67.6 cm³/mol. The molecular formula is C14H14O4. The lowest BCUT2D eigenvalue weighted by Gasteiger charge is -2.07. The smallest absolute Gasteiger partial charge is 0.331 e. The molecule has 2 rings (SSSR count). The molecule has 4 heteroatoms. The molecule has 0 aromatic heterocycles. The van der Waals surface area contributed by atoms with Gasteiger partial charge in [0.15, 0.2) is 11.5 Å². The topological polar surface area (TPSA) is 44.8 Å². The first-order chi connectivity index (χ1) is 8.72. The largest absolute Gasteiger partial charge is 0.493 e. The van der Waals surface area contributed by atoms with E-state index in [1.807, 2.05) is 30.4 Å². The lowest BCUT2D eigenvalue weighted by Crippen LogP contribution is -1.91. The number of methoxy groups -OCH3 is 2. The van der Waals surface area contributed by atoms with Crippen LogP contribution < -0.4 is 9.47 Å². The van der Waals surface area contributed by atoms with Crippen LogP contribution in [0.25, 0.3) is 6.08 Å². The lowest BCUT2D eigenvalue weighted by atomic mass is 10.1. The Morgan fingerprint density at radius 2 is 1.94 bits per heavy atom. The van der Waals surface area contributed by atoms with Crippen molar-refractivity contribution < 1.29 is 19.0 Å². The summed E-state index contributed by atoms with van der Waals surface area (Å²) in [6.45, 7) is 0.336. The Labute approximate surface area is 105 Å². The molecule has 1 aromatic rings. The van der Waals surface area contributed by atoms with Crippen LogP contribution in [0.5, 0.6) is 11.5 Å². The number of hydrogen-bond donors (Lipinski definition) is 0. The third kappa shape index (κ3) is 2.71. The van der Waals surface area contributed by atoms with Crippen LogP contribution in [-0.2, 0) is 9.53 Å². The monoisotopic (exact) mass is 246 g/mol. The van der Waals surface area contributed by atoms with Gasteiger partial charge in [-0.25, -0.2) is 4.79 Å². The van der Waals surface area contributed by atoms with Crippen molar-refractivity contribution in [2.24, 2.45) is 0 Å². The Hall–Kier alpha value is -2.23. The van der Waals surface area contributed by atoms with Gasteiger partial charge in [-0.2, -0.15) is 0 Å². The number of carbonyl (C=O) groups excluding carboxylic acids is 1. The van der Waals surface area contributed by atoms with Crippen molar-refractivity contribution in [2.75, 3.05) is 20.8 Å². The van der Waals surface area contributed by atoms with E-state index in [0.717, 1.165) is 11.1 Å². The van der Waals surface area contributed by atoms with Gasteiger partial charge in [0.2, 0.25) is 0 Å². The summed E-state index contributed by atoms with van der Waals surface area (Å²) in [5, 5.41) is 0. The molecule has 0 spiro atoms. The van der Waals surface area contributed by atoms with Crippen LogP contribution in [0.3, 0.4) is 0 Å². The van der Waals surface area contributed by atoms with E-state index in [9.17, 15) is 4.79 Å². The van der Waals surface area contributed by atoms with Crippen molar-refractivity contribution in [2.45, 2.75) is 0 Å². The lowest BCUT2D eigenvalue weighted by molar-refractivity contribution is -0.134. The fourth-order valence-electron chi connectivity index (χ4n) is 1.65. The van der Waals surface area contributed by atoms with Crippen molar-refractivity contribution in [1.29, 1.82) is 0 Å². The Morgan fingerprint density at radius 3 is 2.56 bits per heavy atom. The molecular weight excluding hydrogens is 232 g/mol. The van der Waals surface area contributed by atoms with Gasteiger partial charge in [-0.1, -0.05) is 18.2 Å². The van der Waals surface area contributed by atoms with E-state index in [4.69, 9.17) is 14.2 Å². The van der Waals surface area contributed by atoms with Crippen LogP contribution in [0.2, 0.25) is 0 Å². The summed E-state index contributed by atoms with van der Waals surface area (Å²) in [5.41, 5.74) is 1.82. The van der Waals surface area contributed by atoms with Crippen LogP contribution in [0.1, 0.15) is 5.56 Å². The highest BCUT2D eigenvalue weighted by molar-refractivity contribution is 5.86. The highest BCUT2D eigenvalue weighted by Crippen LogP contribution is 2.28. The van der Waals surface area contributed by atoms with Crippen LogP contribution in [-0.4, -0.2) is 26.8 Å². The summed E-state index contributed by atoms with van der Waals surface area (Å²) >= 11 is 0. The zero-order chi connectivity index (χ0) is 13.0. The first-order valence-electron chi connectivity index (χ1n) is 5.50. The Balaban J connectivity index is 2.17. The van der Waals surface area contributed by atoms with Crippen molar-refractivity contribution in [1.82, 2.24) is 0 Å². The summed E-state index contributed by atoms with van der Waals surface area (Å²) in [7, 11) is 3.19. The molecule has 1 aliphatic heterocycles. The molecule has 18 heavy (non-hydrogen) atoms. The van der Waals surface area contributed by atoms with Crippen molar-refractivity contribution in [3.05, 3.63) is 41.5 Å². The highest BCUT2D eigenvalue weighted by Gasteiger charge is 2.09. The van der Waals surface area contributed by atoms with Gasteiger partial charge in [0.1, 0.15) is 6.61 Å². The van der Waals surface area contributed by atoms with E-state index in [0.29, 0.717) is 18.1 Å². The summed E-state index contributed by atoms with van der Waals surface area (Å²) in [6.07, 6.45) is 5.24. The molecule has 94 valence electrons. The number of benzene rings is 1. The van der Waals surface area contributed by atoms with Gasteiger partial charge < -0.3 is 14.2 Å². The number of rotatable bonds is 4. The first-order valence-corrected chi connectivity index (χ1v) is 5.50. The SMILES string of the molecule is COc1ccc(C=CC2=CC(=O)OC2)cc1OC. The van der Waals surface area contributed by atoms with Crippen LogP contribution in [0.4, 0.5) is 0 Å². The molecule has 1 aromatic carbocycles. The van der Waals surface area contributed by atoms with E-state index >= 15 is 0 Å². The summed E-state index contributed by atoms with van der Waals surface area (Å²) in [5.74, 6) is 1.07. The van der Waals surface area contributed by atoms with Crippen LogP contribution >= 0.6 is 0 Å². The molecule has 0 saturated carbocycles. The molecule has 4 nitrogen and oxygen atoms in total. The fraction of sp³-hybridized carbons (Fsp3) is 0.214. The van der Waals surface area contributed by atoms with Gasteiger partial charge in [-0.3, -0.25) is 0 Å². The van der Waals surface area contributed by atoms with Gasteiger partial charge >= 0.3 is 5.97 Å². The zero-order valence-corrected chi connectivity index (χ0v) is 10.3. The van der Waals surface area contributed by atoms with Crippen LogP contribution in [0.15, 0.2) is 35.9 Å². The Morgan fingerprint density at radius 1 is 1.17 bits per heavy atom. The summed E-state index contributed by atoms with van der Waals surface area (Å²) in [6, 6.07) is 5.62. The van der Waals surface area contributed by atoms with Crippen molar-refractivity contribution >= 4 is 12.0 Å². The maximum absolute atomic E-state index is 10.9. The minimum absolute atomic E-state index is 0.290. The quantitative estimate of drug-likeness (QED) is 0.764. The maximum Gasteiger partial charge on any atom is 0.331 e. The van der Waals surface area contributed by atoms with E-state index in [2.05, 4.69) is 0 Å². The third-order valence-electron chi connectivity index (χ3n) is 2.58. The number of esters is 1. The van der Waals surface area contributed by atoms with Gasteiger partial charge in [-0.15, -0.1) is 0 Å². The van der Waals surface area contributed by atoms with Gasteiger partial charge in [0.05, 0.1) is 14.2 Å². The van der Waals surface area contributed by atoms with Crippen molar-refractivity contribution in [3.63, 3.8) is 0 Å². The number of carbonyl (C=O) groups is 1. The molecule has 0 fully saturated rings. The second-order valence-electron chi connectivity index (χ2n) is 3.77. The number of hydrogen-bond acceptors (Lipinski definition) is 4. The standard InChI is InChI=1S/C14H14O4/c1-16-12-6-5-10(7-13(12)17-2)3-4-11-8-14(15)18-9-11/h3-8H,9H2,1-2H3. The Bertz CT molecular complexity index is 515. The highest BCUT2D eigenvalue weighted by atomic mass is 16.5. The third-order valence-corrected chi connectivity index (χ3v) is 2.58. The van der Waals surface area contributed by atoms with Gasteiger partial charge in [0.25, 0.3) is 0 Å². The molecule has 0 unspecified atom stereocenters. The van der Waals surface area contributed by atoms with Gasteiger partial charge in [-0.05, 0) is 23.3 Å². The molecule has 0 aliphatic carbocycles. The van der Waals surface area contributed by atoms with Crippen molar-refractivity contribution in [3.8, 4) is 11.5 Å². The summed E-state index contributed by atoms with van der Waals surface area (Å²) in [4.78, 5) is 10.9. The van der Waals surface area contributed by atoms with Gasteiger partial charge in [0, 0.05) is 6.08 Å². The van der Waals surface area contributed by atoms with E-state index in [1.54, 1.807) is 14.2 Å². The molecule has 0 atom stereocenters. The van der Waals surface area contributed by atoms with E-state index in [-0.39, 0.29) is 5.97 Å². The average molecular weight is 246 g/mol. The number of ether oxygens (including phenoxy) is 3. The minimum atomic E-state index is -0.290. The molecule has 0 saturated heterocycles. The number of cyclic esters (lactones) is 1. The zero-order valence-electron chi connectivity index (χ0n) is 10.3. The normalized spacial score (nSPS) is 14.6. The minimum Gasteiger partial charge on any atom is -0.493 e. The summed E-state index contributed by atoms with van der Waals surface area (Å²) < 4.78 is 15.2. The Kier molecular flexibility index (Phi) is 3.67. The molecule has 1 heterocycles. The van der Waals surface area contributed by atoms with E-state index < -0.39 is 0 Å². The molecule has 0 radical (unpaired) electrons. The second-order valence-corrected chi connectivity index (χ2v) is 3.77.